The summed E-state index contributed by atoms with van der Waals surface area (Å²) in [6.45, 7) is 2.17. The molecule has 0 bridgehead atoms. The first kappa shape index (κ1) is 11.5. The first-order valence-electron chi connectivity index (χ1n) is 6.10. The Kier molecular flexibility index (Phi) is 2.96. The average Bonchev–Trinajstić information content (AvgIpc) is 2.73. The minimum atomic E-state index is 0.851. The van der Waals surface area contributed by atoms with E-state index in [1.54, 1.807) is 11.8 Å². The van der Waals surface area contributed by atoms with E-state index < -0.39 is 0 Å². The molecule has 0 N–H and O–H groups in total. The maximum Gasteiger partial charge on any atom is 0.195 e. The van der Waals surface area contributed by atoms with E-state index in [1.807, 2.05) is 6.26 Å². The number of fused-ring (bicyclic) bond motifs is 2. The molecule has 0 spiro atoms. The molecule has 18 heavy (non-hydrogen) atoms. The van der Waals surface area contributed by atoms with Crippen LogP contribution in [0.5, 0.6) is 0 Å². The highest BCUT2D eigenvalue weighted by atomic mass is 32.2. The summed E-state index contributed by atoms with van der Waals surface area (Å²) in [6.07, 6.45) is 6.13. The van der Waals surface area contributed by atoms with E-state index in [2.05, 4.69) is 52.0 Å². The lowest BCUT2D eigenvalue weighted by atomic mass is 10.0. The average molecular weight is 257 g/mol. The third-order valence-corrected chi connectivity index (χ3v) is 3.89. The van der Waals surface area contributed by atoms with Crippen LogP contribution in [-0.2, 0) is 6.42 Å². The highest BCUT2D eigenvalue weighted by molar-refractivity contribution is 7.98. The largest absolute Gasteiger partial charge is 0.278 e. The van der Waals surface area contributed by atoms with Crippen LogP contribution in [0.2, 0.25) is 0 Å². The Hall–Kier alpha value is -1.55. The van der Waals surface area contributed by atoms with Crippen LogP contribution in [0.25, 0.3) is 11.8 Å². The molecular weight excluding hydrogens is 242 g/mol. The Morgan fingerprint density at radius 3 is 2.89 bits per heavy atom. The molecule has 2 aromatic rings. The molecule has 0 aliphatic carbocycles. The minimum Gasteiger partial charge on any atom is -0.278 e. The maximum absolute atomic E-state index is 4.34. The summed E-state index contributed by atoms with van der Waals surface area (Å²) in [5, 5.41) is 9.58. The summed E-state index contributed by atoms with van der Waals surface area (Å²) in [5.74, 6) is 1.04. The summed E-state index contributed by atoms with van der Waals surface area (Å²) >= 11 is 1.65. The Bertz CT molecular complexity index is 613. The molecule has 0 amide bonds. The van der Waals surface area contributed by atoms with Gasteiger partial charge in [0, 0.05) is 12.1 Å². The number of benzene rings is 1. The molecule has 0 fully saturated rings. The second kappa shape index (κ2) is 4.61. The molecular formula is C14H15N3S. The Balaban J connectivity index is 2.23. The van der Waals surface area contributed by atoms with Crippen molar-refractivity contribution in [2.45, 2.75) is 24.9 Å². The van der Waals surface area contributed by atoms with Gasteiger partial charge in [-0.3, -0.25) is 4.57 Å². The van der Waals surface area contributed by atoms with Crippen LogP contribution in [0.15, 0.2) is 29.4 Å². The van der Waals surface area contributed by atoms with Gasteiger partial charge in [0.15, 0.2) is 5.16 Å². The van der Waals surface area contributed by atoms with E-state index in [0.29, 0.717) is 0 Å². The molecule has 1 aromatic carbocycles. The van der Waals surface area contributed by atoms with Crippen LogP contribution in [0.1, 0.15) is 30.3 Å². The topological polar surface area (TPSA) is 30.7 Å². The number of allylic oxidation sites excluding steroid dienone is 1. The van der Waals surface area contributed by atoms with Gasteiger partial charge < -0.3 is 0 Å². The number of thioether (sulfide) groups is 1. The third-order valence-electron chi connectivity index (χ3n) is 3.26. The van der Waals surface area contributed by atoms with Gasteiger partial charge >= 0.3 is 0 Å². The van der Waals surface area contributed by atoms with Gasteiger partial charge in [0.2, 0.25) is 0 Å². The van der Waals surface area contributed by atoms with Gasteiger partial charge in [-0.1, -0.05) is 43.0 Å². The summed E-state index contributed by atoms with van der Waals surface area (Å²) in [5.41, 5.74) is 3.89. The fraction of sp³-hybridized carbons (Fsp3) is 0.286. The highest BCUT2D eigenvalue weighted by Gasteiger charge is 2.18. The third kappa shape index (κ3) is 1.77. The zero-order valence-electron chi connectivity index (χ0n) is 10.6. The molecule has 3 nitrogen and oxygen atoms in total. The van der Waals surface area contributed by atoms with Crippen molar-refractivity contribution >= 4 is 23.5 Å². The molecule has 1 aromatic heterocycles. The molecule has 0 atom stereocenters. The van der Waals surface area contributed by atoms with Crippen molar-refractivity contribution in [1.29, 1.82) is 0 Å². The number of nitrogens with zero attached hydrogens (tertiary/aromatic N) is 3. The van der Waals surface area contributed by atoms with E-state index in [0.717, 1.165) is 23.8 Å². The molecule has 92 valence electrons. The lowest BCUT2D eigenvalue weighted by Crippen LogP contribution is -2.02. The van der Waals surface area contributed by atoms with Gasteiger partial charge in [0.1, 0.15) is 5.82 Å². The van der Waals surface area contributed by atoms with Crippen molar-refractivity contribution in [2.75, 3.05) is 6.26 Å². The smallest absolute Gasteiger partial charge is 0.195 e. The van der Waals surface area contributed by atoms with Gasteiger partial charge in [-0.15, -0.1) is 10.2 Å². The molecule has 0 radical (unpaired) electrons. The van der Waals surface area contributed by atoms with E-state index >= 15 is 0 Å². The van der Waals surface area contributed by atoms with E-state index in [1.165, 1.54) is 16.8 Å². The van der Waals surface area contributed by atoms with Crippen molar-refractivity contribution in [2.24, 2.45) is 0 Å². The normalized spacial score (nSPS) is 13.6. The van der Waals surface area contributed by atoms with Crippen molar-refractivity contribution in [1.82, 2.24) is 14.8 Å². The molecule has 2 heterocycles. The Morgan fingerprint density at radius 2 is 2.11 bits per heavy atom. The summed E-state index contributed by atoms with van der Waals surface area (Å²) in [6, 6.07) is 8.51. The SMILES string of the molecule is CCC1=Cc2ccccc2Cc2nnc(SC)n21. The van der Waals surface area contributed by atoms with Crippen LogP contribution >= 0.6 is 11.8 Å². The second-order valence-corrected chi connectivity index (χ2v) is 5.08. The van der Waals surface area contributed by atoms with E-state index in [9.17, 15) is 0 Å². The lowest BCUT2D eigenvalue weighted by Gasteiger charge is -2.08. The van der Waals surface area contributed by atoms with Crippen molar-refractivity contribution < 1.29 is 0 Å². The fourth-order valence-corrected chi connectivity index (χ4v) is 2.87. The molecule has 3 rings (SSSR count). The number of rotatable bonds is 2. The van der Waals surface area contributed by atoms with Crippen LogP contribution in [0, 0.1) is 0 Å². The Labute approximate surface area is 111 Å². The van der Waals surface area contributed by atoms with Crippen molar-refractivity contribution in [3.63, 3.8) is 0 Å². The predicted molar refractivity (Wildman–Crippen MR) is 75.5 cm³/mol. The van der Waals surface area contributed by atoms with E-state index in [-0.39, 0.29) is 0 Å². The standard InChI is InChI=1S/C14H15N3S/c1-3-12-8-10-6-4-5-7-11(10)9-13-15-16-14(18-2)17(12)13/h4-8H,3,9H2,1-2H3. The number of aromatic nitrogens is 3. The first-order valence-corrected chi connectivity index (χ1v) is 7.33. The molecule has 4 heteroatoms. The van der Waals surface area contributed by atoms with Gasteiger partial charge in [-0.2, -0.15) is 0 Å². The first-order chi connectivity index (χ1) is 8.83. The van der Waals surface area contributed by atoms with Gasteiger partial charge in [-0.05, 0) is 29.9 Å². The van der Waals surface area contributed by atoms with Gasteiger partial charge in [0.25, 0.3) is 0 Å². The zero-order chi connectivity index (χ0) is 12.5. The lowest BCUT2D eigenvalue weighted by molar-refractivity contribution is 0.847. The monoisotopic (exact) mass is 257 g/mol. The molecule has 0 saturated heterocycles. The van der Waals surface area contributed by atoms with Crippen LogP contribution in [-0.4, -0.2) is 21.0 Å². The van der Waals surface area contributed by atoms with Crippen LogP contribution in [0.4, 0.5) is 0 Å². The van der Waals surface area contributed by atoms with Gasteiger partial charge in [-0.25, -0.2) is 0 Å². The fourth-order valence-electron chi connectivity index (χ4n) is 2.35. The summed E-state index contributed by atoms with van der Waals surface area (Å²) in [4.78, 5) is 0. The molecule has 0 saturated carbocycles. The summed E-state index contributed by atoms with van der Waals surface area (Å²) in [7, 11) is 0. The van der Waals surface area contributed by atoms with E-state index in [4.69, 9.17) is 0 Å². The minimum absolute atomic E-state index is 0.851. The van der Waals surface area contributed by atoms with Crippen LogP contribution < -0.4 is 0 Å². The highest BCUT2D eigenvalue weighted by Crippen LogP contribution is 2.29. The van der Waals surface area contributed by atoms with Crippen molar-refractivity contribution in [3.05, 3.63) is 41.2 Å². The molecule has 0 unspecified atom stereocenters. The zero-order valence-corrected chi connectivity index (χ0v) is 11.4. The van der Waals surface area contributed by atoms with Gasteiger partial charge in [0.05, 0.1) is 0 Å². The van der Waals surface area contributed by atoms with Crippen molar-refractivity contribution in [3.8, 4) is 0 Å². The quantitative estimate of drug-likeness (QED) is 0.773. The van der Waals surface area contributed by atoms with Crippen LogP contribution in [0.3, 0.4) is 0 Å². The second-order valence-electron chi connectivity index (χ2n) is 4.30. The summed E-state index contributed by atoms with van der Waals surface area (Å²) < 4.78 is 2.20. The Morgan fingerprint density at radius 1 is 1.28 bits per heavy atom. The molecule has 1 aliphatic rings. The molecule has 1 aliphatic heterocycles. The predicted octanol–water partition coefficient (Wildman–Crippen LogP) is 3.31. The maximum atomic E-state index is 4.34. The number of hydrogen-bond acceptors (Lipinski definition) is 3. The number of hydrogen-bond donors (Lipinski definition) is 0.